The second kappa shape index (κ2) is 8.62. The molecule has 1 rings (SSSR count). The van der Waals surface area contributed by atoms with Crippen molar-refractivity contribution in [3.8, 4) is 0 Å². The first-order valence-corrected chi connectivity index (χ1v) is 8.50. The van der Waals surface area contributed by atoms with Crippen LogP contribution < -0.4 is 5.32 Å². The molecule has 0 aromatic carbocycles. The van der Waals surface area contributed by atoms with Crippen molar-refractivity contribution in [2.75, 3.05) is 26.2 Å². The fraction of sp³-hybridized carbons (Fsp3) is 0.941. The number of carbonyl (C=O) groups is 1. The summed E-state index contributed by atoms with van der Waals surface area (Å²) < 4.78 is 5.42. The van der Waals surface area contributed by atoms with Crippen molar-refractivity contribution in [3.63, 3.8) is 0 Å². The molecule has 0 radical (unpaired) electrons. The molecule has 21 heavy (non-hydrogen) atoms. The fourth-order valence-electron chi connectivity index (χ4n) is 2.77. The number of ether oxygens (including phenoxy) is 1. The molecule has 1 aliphatic heterocycles. The molecule has 1 unspecified atom stereocenters. The fourth-order valence-corrected chi connectivity index (χ4v) is 2.77. The van der Waals surface area contributed by atoms with Crippen LogP contribution in [0.5, 0.6) is 0 Å². The maximum Gasteiger partial charge on any atom is 0.410 e. The summed E-state index contributed by atoms with van der Waals surface area (Å²) in [6.45, 7) is 14.1. The Morgan fingerprint density at radius 1 is 1.33 bits per heavy atom. The Hall–Kier alpha value is -0.770. The van der Waals surface area contributed by atoms with Crippen molar-refractivity contribution in [2.24, 2.45) is 11.8 Å². The normalized spacial score (nSPS) is 18.6. The van der Waals surface area contributed by atoms with Crippen molar-refractivity contribution < 1.29 is 9.53 Å². The Bertz CT molecular complexity index is 304. The molecule has 0 aromatic heterocycles. The average Bonchev–Trinajstić information content (AvgIpc) is 2.38. The summed E-state index contributed by atoms with van der Waals surface area (Å²) in [5.74, 6) is 1.45. The van der Waals surface area contributed by atoms with Crippen LogP contribution in [0.25, 0.3) is 0 Å². The van der Waals surface area contributed by atoms with Gasteiger partial charge >= 0.3 is 6.09 Å². The predicted octanol–water partition coefficient (Wildman–Crippen LogP) is 3.66. The van der Waals surface area contributed by atoms with Gasteiger partial charge < -0.3 is 15.0 Å². The lowest BCUT2D eigenvalue weighted by Gasteiger charge is -2.33. The first-order valence-electron chi connectivity index (χ1n) is 8.50. The number of likely N-dealkylation sites (tertiary alicyclic amines) is 1. The highest BCUT2D eigenvalue weighted by molar-refractivity contribution is 5.68. The van der Waals surface area contributed by atoms with Gasteiger partial charge in [-0.15, -0.1) is 0 Å². The van der Waals surface area contributed by atoms with E-state index in [9.17, 15) is 4.79 Å². The standard InChI is InChI=1S/C17H34N2O2/c1-6-7-14(2)12-18-13-15-8-10-19(11-9-15)16(20)21-17(3,4)5/h14-15,18H,6-13H2,1-5H3. The van der Waals surface area contributed by atoms with Crippen molar-refractivity contribution in [1.82, 2.24) is 10.2 Å². The lowest BCUT2D eigenvalue weighted by atomic mass is 9.96. The molecule has 1 fully saturated rings. The molecule has 0 spiro atoms. The number of rotatable bonds is 6. The number of piperidine rings is 1. The molecule has 124 valence electrons. The zero-order chi connectivity index (χ0) is 15.9. The van der Waals surface area contributed by atoms with Gasteiger partial charge in [0.25, 0.3) is 0 Å². The average molecular weight is 298 g/mol. The Balaban J connectivity index is 2.19. The van der Waals surface area contributed by atoms with Crippen LogP contribution in [0.4, 0.5) is 4.79 Å². The molecule has 4 nitrogen and oxygen atoms in total. The van der Waals surface area contributed by atoms with Gasteiger partial charge in [0, 0.05) is 13.1 Å². The van der Waals surface area contributed by atoms with Gasteiger partial charge in [-0.3, -0.25) is 0 Å². The number of carbonyl (C=O) groups excluding carboxylic acids is 1. The summed E-state index contributed by atoms with van der Waals surface area (Å²) >= 11 is 0. The van der Waals surface area contributed by atoms with E-state index in [2.05, 4.69) is 19.2 Å². The summed E-state index contributed by atoms with van der Waals surface area (Å²) in [5, 5.41) is 3.59. The van der Waals surface area contributed by atoms with E-state index in [1.807, 2.05) is 25.7 Å². The Kier molecular flexibility index (Phi) is 7.50. The molecule has 0 aliphatic carbocycles. The van der Waals surface area contributed by atoms with Crippen LogP contribution >= 0.6 is 0 Å². The summed E-state index contributed by atoms with van der Waals surface area (Å²) in [6.07, 6.45) is 4.55. The lowest BCUT2D eigenvalue weighted by Crippen LogP contribution is -2.43. The van der Waals surface area contributed by atoms with Gasteiger partial charge in [0.2, 0.25) is 0 Å². The molecule has 1 amide bonds. The molecule has 0 aromatic rings. The molecule has 1 aliphatic rings. The molecule has 1 atom stereocenters. The monoisotopic (exact) mass is 298 g/mol. The van der Waals surface area contributed by atoms with Crippen LogP contribution in [-0.2, 0) is 4.74 Å². The zero-order valence-electron chi connectivity index (χ0n) is 14.6. The molecule has 0 saturated carbocycles. The second-order valence-corrected chi connectivity index (χ2v) is 7.46. The highest BCUT2D eigenvalue weighted by Crippen LogP contribution is 2.19. The van der Waals surface area contributed by atoms with E-state index in [1.54, 1.807) is 0 Å². The minimum Gasteiger partial charge on any atom is -0.444 e. The number of hydrogen-bond acceptors (Lipinski definition) is 3. The van der Waals surface area contributed by atoms with Crippen LogP contribution in [0.1, 0.15) is 60.3 Å². The second-order valence-electron chi connectivity index (χ2n) is 7.46. The molecule has 1 N–H and O–H groups in total. The van der Waals surface area contributed by atoms with Crippen LogP contribution in [0.15, 0.2) is 0 Å². The SMILES string of the molecule is CCCC(C)CNCC1CCN(C(=O)OC(C)(C)C)CC1. The summed E-state index contributed by atoms with van der Waals surface area (Å²) in [4.78, 5) is 13.8. The molecule has 1 saturated heterocycles. The van der Waals surface area contributed by atoms with Crippen molar-refractivity contribution in [3.05, 3.63) is 0 Å². The lowest BCUT2D eigenvalue weighted by molar-refractivity contribution is 0.0184. The van der Waals surface area contributed by atoms with E-state index in [0.717, 1.165) is 44.9 Å². The predicted molar refractivity (Wildman–Crippen MR) is 87.5 cm³/mol. The molecule has 4 heteroatoms. The smallest absolute Gasteiger partial charge is 0.410 e. The maximum atomic E-state index is 12.0. The first kappa shape index (κ1) is 18.3. The van der Waals surface area contributed by atoms with E-state index < -0.39 is 5.60 Å². The van der Waals surface area contributed by atoms with Gasteiger partial charge in [-0.2, -0.15) is 0 Å². The third kappa shape index (κ3) is 7.70. The Morgan fingerprint density at radius 2 is 1.95 bits per heavy atom. The quantitative estimate of drug-likeness (QED) is 0.813. The number of nitrogens with zero attached hydrogens (tertiary/aromatic N) is 1. The van der Waals surface area contributed by atoms with Gasteiger partial charge in [0.15, 0.2) is 0 Å². The van der Waals surface area contributed by atoms with Crippen molar-refractivity contribution >= 4 is 6.09 Å². The van der Waals surface area contributed by atoms with Crippen LogP contribution in [0.2, 0.25) is 0 Å². The Morgan fingerprint density at radius 3 is 2.48 bits per heavy atom. The number of amides is 1. The maximum absolute atomic E-state index is 12.0. The highest BCUT2D eigenvalue weighted by Gasteiger charge is 2.26. The van der Waals surface area contributed by atoms with E-state index in [0.29, 0.717) is 5.92 Å². The highest BCUT2D eigenvalue weighted by atomic mass is 16.6. The summed E-state index contributed by atoms with van der Waals surface area (Å²) in [6, 6.07) is 0. The van der Waals surface area contributed by atoms with E-state index in [-0.39, 0.29) is 6.09 Å². The van der Waals surface area contributed by atoms with Crippen molar-refractivity contribution in [1.29, 1.82) is 0 Å². The van der Waals surface area contributed by atoms with E-state index in [1.165, 1.54) is 12.8 Å². The van der Waals surface area contributed by atoms with Gasteiger partial charge in [-0.1, -0.05) is 20.3 Å². The minimum atomic E-state index is -0.398. The van der Waals surface area contributed by atoms with Gasteiger partial charge in [0.1, 0.15) is 5.60 Å². The third-order valence-corrected chi connectivity index (χ3v) is 3.97. The van der Waals surface area contributed by atoms with Gasteiger partial charge in [-0.25, -0.2) is 4.79 Å². The largest absolute Gasteiger partial charge is 0.444 e. The third-order valence-electron chi connectivity index (χ3n) is 3.97. The van der Waals surface area contributed by atoms with Crippen LogP contribution in [0, 0.1) is 11.8 Å². The first-order chi connectivity index (χ1) is 9.81. The topological polar surface area (TPSA) is 41.6 Å². The molecule has 0 bridgehead atoms. The summed E-state index contributed by atoms with van der Waals surface area (Å²) in [5.41, 5.74) is -0.398. The Labute approximate surface area is 130 Å². The molecular formula is C17H34N2O2. The van der Waals surface area contributed by atoms with Gasteiger partial charge in [0.05, 0.1) is 0 Å². The number of nitrogens with one attached hydrogen (secondary N) is 1. The zero-order valence-corrected chi connectivity index (χ0v) is 14.6. The van der Waals surface area contributed by atoms with Gasteiger partial charge in [-0.05, 0) is 65.0 Å². The van der Waals surface area contributed by atoms with E-state index in [4.69, 9.17) is 4.74 Å². The van der Waals surface area contributed by atoms with Crippen LogP contribution in [-0.4, -0.2) is 42.8 Å². The summed E-state index contributed by atoms with van der Waals surface area (Å²) in [7, 11) is 0. The number of hydrogen-bond donors (Lipinski definition) is 1. The molecular weight excluding hydrogens is 264 g/mol. The molecule has 1 heterocycles. The van der Waals surface area contributed by atoms with Crippen LogP contribution in [0.3, 0.4) is 0 Å². The van der Waals surface area contributed by atoms with Crippen molar-refractivity contribution in [2.45, 2.75) is 65.9 Å². The minimum absolute atomic E-state index is 0.162. The van der Waals surface area contributed by atoms with E-state index >= 15 is 0 Å².